The van der Waals surface area contributed by atoms with Crippen molar-refractivity contribution in [3.63, 3.8) is 0 Å². The van der Waals surface area contributed by atoms with Gasteiger partial charge < -0.3 is 25.1 Å². The smallest absolute Gasteiger partial charge is 0.237 e. The fraction of sp³-hybridized carbons (Fsp3) is 0.350. The molecule has 0 aliphatic heterocycles. The van der Waals surface area contributed by atoms with Crippen molar-refractivity contribution in [2.24, 2.45) is 5.73 Å². The third kappa shape index (κ3) is 4.85. The number of carbonyl (C=O) groups is 1. The van der Waals surface area contributed by atoms with Crippen molar-refractivity contribution in [3.8, 4) is 11.6 Å². The van der Waals surface area contributed by atoms with E-state index in [0.29, 0.717) is 42.9 Å². The van der Waals surface area contributed by atoms with Crippen LogP contribution in [0.2, 0.25) is 0 Å². The third-order valence-electron chi connectivity index (χ3n) is 4.11. The van der Waals surface area contributed by atoms with Gasteiger partial charge in [0.15, 0.2) is 5.65 Å². The number of amides is 1. The molecule has 2 aromatic heterocycles. The SMILES string of the molecule is CCOCCn1c(CNC(=O)[C@H](C)N)nc2ccc(Oc3ccccc3)nc21. The molecule has 0 spiro atoms. The van der Waals surface area contributed by atoms with E-state index in [1.807, 2.05) is 47.9 Å². The van der Waals surface area contributed by atoms with E-state index in [2.05, 4.69) is 15.3 Å². The molecule has 1 atom stereocenters. The maximum atomic E-state index is 11.8. The summed E-state index contributed by atoms with van der Waals surface area (Å²) in [6.07, 6.45) is 0. The number of pyridine rings is 1. The molecule has 3 aromatic rings. The van der Waals surface area contributed by atoms with Crippen LogP contribution < -0.4 is 15.8 Å². The van der Waals surface area contributed by atoms with E-state index in [9.17, 15) is 4.79 Å². The fourth-order valence-electron chi connectivity index (χ4n) is 2.69. The van der Waals surface area contributed by atoms with Crippen molar-refractivity contribution in [2.45, 2.75) is 33.0 Å². The van der Waals surface area contributed by atoms with E-state index in [1.165, 1.54) is 0 Å². The molecule has 28 heavy (non-hydrogen) atoms. The van der Waals surface area contributed by atoms with E-state index in [0.717, 1.165) is 5.52 Å². The molecule has 0 unspecified atom stereocenters. The van der Waals surface area contributed by atoms with Crippen LogP contribution >= 0.6 is 0 Å². The first kappa shape index (κ1) is 19.8. The molecule has 8 nitrogen and oxygen atoms in total. The molecule has 0 saturated carbocycles. The summed E-state index contributed by atoms with van der Waals surface area (Å²) in [4.78, 5) is 21.0. The number of ether oxygens (including phenoxy) is 2. The molecule has 0 fully saturated rings. The lowest BCUT2D eigenvalue weighted by Gasteiger charge is -2.11. The number of carbonyl (C=O) groups excluding carboxylic acids is 1. The molecule has 1 aromatic carbocycles. The summed E-state index contributed by atoms with van der Waals surface area (Å²) in [5, 5.41) is 2.80. The molecular weight excluding hydrogens is 358 g/mol. The van der Waals surface area contributed by atoms with Crippen molar-refractivity contribution < 1.29 is 14.3 Å². The van der Waals surface area contributed by atoms with E-state index in [-0.39, 0.29) is 12.5 Å². The van der Waals surface area contributed by atoms with Gasteiger partial charge in [-0.2, -0.15) is 4.98 Å². The number of aromatic nitrogens is 3. The van der Waals surface area contributed by atoms with Crippen molar-refractivity contribution in [3.05, 3.63) is 48.3 Å². The Kier molecular flexibility index (Phi) is 6.57. The van der Waals surface area contributed by atoms with Crippen LogP contribution in [0.1, 0.15) is 19.7 Å². The van der Waals surface area contributed by atoms with Gasteiger partial charge >= 0.3 is 0 Å². The number of para-hydroxylation sites is 1. The second-order valence-electron chi connectivity index (χ2n) is 6.29. The van der Waals surface area contributed by atoms with Gasteiger partial charge in [0.25, 0.3) is 0 Å². The van der Waals surface area contributed by atoms with Crippen LogP contribution in [0.3, 0.4) is 0 Å². The molecular formula is C20H25N5O3. The Bertz CT molecular complexity index is 924. The second kappa shape index (κ2) is 9.29. The number of nitrogens with zero attached hydrogens (tertiary/aromatic N) is 3. The highest BCUT2D eigenvalue weighted by atomic mass is 16.5. The lowest BCUT2D eigenvalue weighted by atomic mass is 10.3. The van der Waals surface area contributed by atoms with Crippen LogP contribution in [0, 0.1) is 0 Å². The molecule has 0 aliphatic carbocycles. The molecule has 3 N–H and O–H groups in total. The largest absolute Gasteiger partial charge is 0.439 e. The zero-order chi connectivity index (χ0) is 19.9. The lowest BCUT2D eigenvalue weighted by Crippen LogP contribution is -2.38. The molecule has 1 amide bonds. The average Bonchev–Trinajstić information content (AvgIpc) is 3.04. The highest BCUT2D eigenvalue weighted by molar-refractivity contribution is 5.81. The topological polar surface area (TPSA) is 104 Å². The number of hydrogen-bond acceptors (Lipinski definition) is 6. The molecule has 0 aliphatic rings. The summed E-state index contributed by atoms with van der Waals surface area (Å²) in [5.74, 6) is 1.64. The van der Waals surface area contributed by atoms with Crippen LogP contribution in [0.5, 0.6) is 11.6 Å². The zero-order valence-electron chi connectivity index (χ0n) is 16.1. The number of nitrogens with two attached hydrogens (primary N) is 1. The molecule has 2 heterocycles. The summed E-state index contributed by atoms with van der Waals surface area (Å²) in [6, 6.07) is 12.5. The van der Waals surface area contributed by atoms with Crippen LogP contribution in [-0.4, -0.2) is 39.7 Å². The first-order valence-corrected chi connectivity index (χ1v) is 9.28. The van der Waals surface area contributed by atoms with Crippen molar-refractivity contribution in [1.82, 2.24) is 19.9 Å². The Morgan fingerprint density at radius 1 is 1.21 bits per heavy atom. The maximum Gasteiger partial charge on any atom is 0.237 e. The first-order valence-electron chi connectivity index (χ1n) is 9.28. The summed E-state index contributed by atoms with van der Waals surface area (Å²) >= 11 is 0. The van der Waals surface area contributed by atoms with Gasteiger partial charge in [0.05, 0.1) is 19.2 Å². The minimum atomic E-state index is -0.578. The predicted molar refractivity (Wildman–Crippen MR) is 106 cm³/mol. The Balaban J connectivity index is 1.88. The zero-order valence-corrected chi connectivity index (χ0v) is 16.1. The Labute approximate surface area is 163 Å². The Morgan fingerprint density at radius 3 is 2.71 bits per heavy atom. The molecule has 0 bridgehead atoms. The lowest BCUT2D eigenvalue weighted by molar-refractivity contribution is -0.122. The number of imidazole rings is 1. The maximum absolute atomic E-state index is 11.8. The van der Waals surface area contributed by atoms with Gasteiger partial charge in [-0.05, 0) is 32.0 Å². The summed E-state index contributed by atoms with van der Waals surface area (Å²) < 4.78 is 13.3. The van der Waals surface area contributed by atoms with Crippen molar-refractivity contribution in [2.75, 3.05) is 13.2 Å². The average molecular weight is 383 g/mol. The normalized spacial score (nSPS) is 12.1. The van der Waals surface area contributed by atoms with Gasteiger partial charge in [0.1, 0.15) is 17.1 Å². The molecule has 0 radical (unpaired) electrons. The monoisotopic (exact) mass is 383 g/mol. The molecule has 8 heteroatoms. The predicted octanol–water partition coefficient (Wildman–Crippen LogP) is 2.22. The fourth-order valence-corrected chi connectivity index (χ4v) is 2.69. The standard InChI is InChI=1S/C20H25N5O3/c1-3-27-12-11-25-17(13-22-20(26)14(2)21)23-16-9-10-18(24-19(16)25)28-15-7-5-4-6-8-15/h4-10,14H,3,11-13,21H2,1-2H3,(H,22,26)/t14-/m0/s1. The van der Waals surface area contributed by atoms with E-state index < -0.39 is 6.04 Å². The summed E-state index contributed by atoms with van der Waals surface area (Å²) in [5.41, 5.74) is 7.02. The van der Waals surface area contributed by atoms with Gasteiger partial charge in [-0.1, -0.05) is 18.2 Å². The van der Waals surface area contributed by atoms with Gasteiger partial charge in [-0.25, -0.2) is 4.98 Å². The molecule has 148 valence electrons. The van der Waals surface area contributed by atoms with Crippen LogP contribution in [0.25, 0.3) is 11.2 Å². The molecule has 0 saturated heterocycles. The van der Waals surface area contributed by atoms with Gasteiger partial charge in [-0.3, -0.25) is 4.79 Å². The number of benzene rings is 1. The highest BCUT2D eigenvalue weighted by Gasteiger charge is 2.15. The van der Waals surface area contributed by atoms with Crippen LogP contribution in [0.15, 0.2) is 42.5 Å². The first-order chi connectivity index (χ1) is 13.6. The highest BCUT2D eigenvalue weighted by Crippen LogP contribution is 2.23. The molecule has 3 rings (SSSR count). The van der Waals surface area contributed by atoms with E-state index >= 15 is 0 Å². The Morgan fingerprint density at radius 2 is 2.00 bits per heavy atom. The quantitative estimate of drug-likeness (QED) is 0.549. The number of hydrogen-bond donors (Lipinski definition) is 2. The minimum absolute atomic E-state index is 0.232. The summed E-state index contributed by atoms with van der Waals surface area (Å²) in [7, 11) is 0. The second-order valence-corrected chi connectivity index (χ2v) is 6.29. The van der Waals surface area contributed by atoms with Gasteiger partial charge in [0, 0.05) is 19.2 Å². The van der Waals surface area contributed by atoms with Gasteiger partial charge in [-0.15, -0.1) is 0 Å². The minimum Gasteiger partial charge on any atom is -0.439 e. The van der Waals surface area contributed by atoms with E-state index in [4.69, 9.17) is 15.2 Å². The Hall–Kier alpha value is -2.97. The number of rotatable bonds is 9. The number of fused-ring (bicyclic) bond motifs is 1. The van der Waals surface area contributed by atoms with Gasteiger partial charge in [0.2, 0.25) is 11.8 Å². The summed E-state index contributed by atoms with van der Waals surface area (Å²) in [6.45, 7) is 5.55. The number of nitrogens with one attached hydrogen (secondary N) is 1. The van der Waals surface area contributed by atoms with E-state index in [1.54, 1.807) is 13.0 Å². The van der Waals surface area contributed by atoms with Crippen molar-refractivity contribution >= 4 is 17.1 Å². The van der Waals surface area contributed by atoms with Crippen LogP contribution in [0.4, 0.5) is 0 Å². The van der Waals surface area contributed by atoms with Crippen molar-refractivity contribution in [1.29, 1.82) is 0 Å². The third-order valence-corrected chi connectivity index (χ3v) is 4.11. The van der Waals surface area contributed by atoms with Crippen LogP contribution in [-0.2, 0) is 22.6 Å².